The van der Waals surface area contributed by atoms with E-state index >= 15 is 0 Å². The number of nitrogens with zero attached hydrogens (tertiary/aromatic N) is 1. The second kappa shape index (κ2) is 6.58. The van der Waals surface area contributed by atoms with Gasteiger partial charge in [0.15, 0.2) is 0 Å². The summed E-state index contributed by atoms with van der Waals surface area (Å²) in [6.07, 6.45) is 2.63. The van der Waals surface area contributed by atoms with Gasteiger partial charge >= 0.3 is 0 Å². The first-order chi connectivity index (χ1) is 8.69. The number of hydrogen-bond acceptors (Lipinski definition) is 2. The first-order valence-corrected chi connectivity index (χ1v) is 7.72. The lowest BCUT2D eigenvalue weighted by atomic mass is 9.90. The van der Waals surface area contributed by atoms with E-state index in [1.165, 1.54) is 38.2 Å². The molecule has 1 aromatic rings. The molecule has 1 aliphatic rings. The highest BCUT2D eigenvalue weighted by molar-refractivity contribution is 9.10. The van der Waals surface area contributed by atoms with Gasteiger partial charge in [-0.3, -0.25) is 0 Å². The number of halogens is 1. The first-order valence-electron chi connectivity index (χ1n) is 6.93. The number of anilines is 1. The minimum atomic E-state index is 0.554. The molecular formula is C15H23BrN2. The van der Waals surface area contributed by atoms with E-state index < -0.39 is 0 Å². The molecule has 2 rings (SSSR count). The molecular weight excluding hydrogens is 288 g/mol. The van der Waals surface area contributed by atoms with Gasteiger partial charge in [0.05, 0.1) is 0 Å². The zero-order valence-corrected chi connectivity index (χ0v) is 12.9. The second-order valence-corrected chi connectivity index (χ2v) is 6.13. The number of nitrogens with one attached hydrogen (secondary N) is 1. The van der Waals surface area contributed by atoms with Crippen LogP contribution in [-0.2, 0) is 0 Å². The predicted octanol–water partition coefficient (Wildman–Crippen LogP) is 3.98. The third kappa shape index (κ3) is 3.72. The summed E-state index contributed by atoms with van der Waals surface area (Å²) in [5.41, 5.74) is 1.22. The van der Waals surface area contributed by atoms with E-state index in [0.717, 1.165) is 10.4 Å². The third-order valence-corrected chi connectivity index (χ3v) is 4.50. The van der Waals surface area contributed by atoms with E-state index in [2.05, 4.69) is 64.3 Å². The molecule has 0 amide bonds. The van der Waals surface area contributed by atoms with Gasteiger partial charge in [-0.05, 0) is 63.5 Å². The van der Waals surface area contributed by atoms with Crippen molar-refractivity contribution in [1.29, 1.82) is 0 Å². The van der Waals surface area contributed by atoms with Crippen LogP contribution in [0.5, 0.6) is 0 Å². The van der Waals surface area contributed by atoms with Crippen molar-refractivity contribution >= 4 is 21.6 Å². The summed E-state index contributed by atoms with van der Waals surface area (Å²) in [4.78, 5) is 2.54. The van der Waals surface area contributed by atoms with Gasteiger partial charge in [-0.25, -0.2) is 0 Å². The topological polar surface area (TPSA) is 15.3 Å². The average Bonchev–Trinajstić information content (AvgIpc) is 2.39. The third-order valence-electron chi connectivity index (χ3n) is 4.01. The van der Waals surface area contributed by atoms with Crippen LogP contribution < -0.4 is 5.32 Å². The van der Waals surface area contributed by atoms with E-state index in [4.69, 9.17) is 0 Å². The minimum Gasteiger partial charge on any atom is -0.382 e. The van der Waals surface area contributed by atoms with Gasteiger partial charge < -0.3 is 10.2 Å². The average molecular weight is 311 g/mol. The Kier molecular flexibility index (Phi) is 5.07. The molecule has 0 saturated carbocycles. The quantitative estimate of drug-likeness (QED) is 0.905. The van der Waals surface area contributed by atoms with Crippen molar-refractivity contribution in [3.63, 3.8) is 0 Å². The largest absolute Gasteiger partial charge is 0.382 e. The lowest BCUT2D eigenvalue weighted by molar-refractivity contribution is 0.183. The van der Waals surface area contributed by atoms with E-state index in [9.17, 15) is 0 Å². The summed E-state index contributed by atoms with van der Waals surface area (Å²) in [5.74, 6) is 0.798. The Morgan fingerprint density at radius 2 is 2.11 bits per heavy atom. The molecule has 0 spiro atoms. The van der Waals surface area contributed by atoms with Crippen molar-refractivity contribution < 1.29 is 0 Å². The number of rotatable bonds is 4. The fourth-order valence-electron chi connectivity index (χ4n) is 2.73. The van der Waals surface area contributed by atoms with Crippen molar-refractivity contribution in [2.24, 2.45) is 5.92 Å². The van der Waals surface area contributed by atoms with Gasteiger partial charge in [0, 0.05) is 16.2 Å². The van der Waals surface area contributed by atoms with Crippen molar-refractivity contribution in [2.75, 3.05) is 25.0 Å². The van der Waals surface area contributed by atoms with Crippen LogP contribution in [0, 0.1) is 5.92 Å². The van der Waals surface area contributed by atoms with E-state index in [1.807, 2.05) is 0 Å². The van der Waals surface area contributed by atoms with Crippen LogP contribution in [0.15, 0.2) is 28.7 Å². The molecule has 18 heavy (non-hydrogen) atoms. The minimum absolute atomic E-state index is 0.554. The lowest BCUT2D eigenvalue weighted by Crippen LogP contribution is -2.39. The molecule has 1 unspecified atom stereocenters. The van der Waals surface area contributed by atoms with Crippen molar-refractivity contribution in [3.8, 4) is 0 Å². The molecule has 2 nitrogen and oxygen atoms in total. The lowest BCUT2D eigenvalue weighted by Gasteiger charge is -2.34. The van der Waals surface area contributed by atoms with Crippen LogP contribution in [0.2, 0.25) is 0 Å². The van der Waals surface area contributed by atoms with Crippen LogP contribution in [0.25, 0.3) is 0 Å². The van der Waals surface area contributed by atoms with E-state index in [1.54, 1.807) is 0 Å². The smallest absolute Gasteiger partial charge is 0.0353 e. The summed E-state index contributed by atoms with van der Waals surface area (Å²) in [7, 11) is 0. The number of hydrogen-bond donors (Lipinski definition) is 1. The summed E-state index contributed by atoms with van der Waals surface area (Å²) >= 11 is 3.52. The van der Waals surface area contributed by atoms with Crippen LogP contribution in [0.3, 0.4) is 0 Å². The molecule has 0 aliphatic carbocycles. The Morgan fingerprint density at radius 1 is 1.39 bits per heavy atom. The molecule has 1 N–H and O–H groups in total. The molecule has 1 fully saturated rings. The SMILES string of the molecule is CCN1CCC(C(C)Nc2cccc(Br)c2)CC1. The maximum atomic E-state index is 3.64. The predicted molar refractivity (Wildman–Crippen MR) is 82.1 cm³/mol. The van der Waals surface area contributed by atoms with Crippen molar-refractivity contribution in [2.45, 2.75) is 32.7 Å². The molecule has 1 aliphatic heterocycles. The van der Waals surface area contributed by atoms with Gasteiger partial charge in [-0.15, -0.1) is 0 Å². The summed E-state index contributed by atoms with van der Waals surface area (Å²) in [6, 6.07) is 8.99. The van der Waals surface area contributed by atoms with Gasteiger partial charge in [0.25, 0.3) is 0 Å². The zero-order chi connectivity index (χ0) is 13.0. The highest BCUT2D eigenvalue weighted by Crippen LogP contribution is 2.24. The van der Waals surface area contributed by atoms with Crippen LogP contribution >= 0.6 is 15.9 Å². The van der Waals surface area contributed by atoms with E-state index in [0.29, 0.717) is 6.04 Å². The fraction of sp³-hybridized carbons (Fsp3) is 0.600. The molecule has 3 heteroatoms. The van der Waals surface area contributed by atoms with Crippen molar-refractivity contribution in [1.82, 2.24) is 4.90 Å². The highest BCUT2D eigenvalue weighted by atomic mass is 79.9. The molecule has 0 bridgehead atoms. The number of piperidine rings is 1. The van der Waals surface area contributed by atoms with Gasteiger partial charge in [-0.1, -0.05) is 28.9 Å². The maximum absolute atomic E-state index is 3.64. The molecule has 100 valence electrons. The molecule has 1 aromatic carbocycles. The molecule has 0 aromatic heterocycles. The van der Waals surface area contributed by atoms with Crippen LogP contribution in [-0.4, -0.2) is 30.6 Å². The van der Waals surface area contributed by atoms with Gasteiger partial charge in [-0.2, -0.15) is 0 Å². The van der Waals surface area contributed by atoms with E-state index in [-0.39, 0.29) is 0 Å². The normalized spacial score (nSPS) is 19.7. The molecule has 1 saturated heterocycles. The van der Waals surface area contributed by atoms with Gasteiger partial charge in [0.2, 0.25) is 0 Å². The highest BCUT2D eigenvalue weighted by Gasteiger charge is 2.22. The Morgan fingerprint density at radius 3 is 2.72 bits per heavy atom. The maximum Gasteiger partial charge on any atom is 0.0353 e. The summed E-state index contributed by atoms with van der Waals surface area (Å²) < 4.78 is 1.14. The second-order valence-electron chi connectivity index (χ2n) is 5.22. The molecule has 0 radical (unpaired) electrons. The summed E-state index contributed by atoms with van der Waals surface area (Å²) in [6.45, 7) is 8.27. The zero-order valence-electron chi connectivity index (χ0n) is 11.3. The Hall–Kier alpha value is -0.540. The Balaban J connectivity index is 1.87. The van der Waals surface area contributed by atoms with Crippen molar-refractivity contribution in [3.05, 3.63) is 28.7 Å². The standard InChI is InChI=1S/C15H23BrN2/c1-3-18-9-7-13(8-10-18)12(2)17-15-6-4-5-14(16)11-15/h4-6,11-13,17H,3,7-10H2,1-2H3. The monoisotopic (exact) mass is 310 g/mol. The Labute approximate surface area is 119 Å². The van der Waals surface area contributed by atoms with Crippen LogP contribution in [0.4, 0.5) is 5.69 Å². The fourth-order valence-corrected chi connectivity index (χ4v) is 3.13. The molecule has 1 heterocycles. The summed E-state index contributed by atoms with van der Waals surface area (Å²) in [5, 5.41) is 3.64. The molecule has 1 atom stereocenters. The van der Waals surface area contributed by atoms with Gasteiger partial charge in [0.1, 0.15) is 0 Å². The first kappa shape index (κ1) is 13.9. The number of likely N-dealkylation sites (tertiary alicyclic amines) is 1. The van der Waals surface area contributed by atoms with Crippen LogP contribution in [0.1, 0.15) is 26.7 Å². The number of benzene rings is 1. The Bertz CT molecular complexity index is 373.